The van der Waals surface area contributed by atoms with Gasteiger partial charge in [-0.1, -0.05) is 37.3 Å². The number of fused-ring (bicyclic) bond motifs is 7. The quantitative estimate of drug-likeness (QED) is 0.744. The molecule has 2 aromatic rings. The summed E-state index contributed by atoms with van der Waals surface area (Å²) in [6.07, 6.45) is 2.60. The number of benzene rings is 2. The monoisotopic (exact) mass is 429 g/mol. The summed E-state index contributed by atoms with van der Waals surface area (Å²) in [6, 6.07) is 11.8. The third kappa shape index (κ3) is 2.16. The summed E-state index contributed by atoms with van der Waals surface area (Å²) in [7, 11) is 0. The lowest BCUT2D eigenvalue weighted by atomic mass is 9.75. The molecule has 4 aliphatic rings. The van der Waals surface area contributed by atoms with Gasteiger partial charge in [0.2, 0.25) is 17.7 Å². The first kappa shape index (κ1) is 19.7. The molecule has 6 heteroatoms. The predicted molar refractivity (Wildman–Crippen MR) is 121 cm³/mol. The van der Waals surface area contributed by atoms with E-state index in [1.807, 2.05) is 44.2 Å². The van der Waals surface area contributed by atoms with Crippen LogP contribution in [-0.4, -0.2) is 35.2 Å². The van der Waals surface area contributed by atoms with Crippen LogP contribution in [0, 0.1) is 25.7 Å². The van der Waals surface area contributed by atoms with E-state index < -0.39 is 17.4 Å². The molecule has 3 amide bonds. The minimum absolute atomic E-state index is 0.0900. The van der Waals surface area contributed by atoms with Gasteiger partial charge < -0.3 is 5.32 Å². The average molecular weight is 430 g/mol. The Labute approximate surface area is 187 Å². The standard InChI is InChI=1S/C26H27N3O3/c1-4-16-10-11-18-17(13-16)26(25(32)27-18)21-20(19-9-6-12-28(19)26)23(30)29(24(21)31)22-14(2)7-5-8-15(22)3/h5,7-8,10-11,13,19-21H,4,6,9,12H2,1-3H3,(H,27,32). The van der Waals surface area contributed by atoms with E-state index in [0.29, 0.717) is 5.69 Å². The molecule has 0 saturated carbocycles. The van der Waals surface area contributed by atoms with Gasteiger partial charge in [0.15, 0.2) is 0 Å². The van der Waals surface area contributed by atoms with E-state index in [1.54, 1.807) is 0 Å². The molecule has 4 aliphatic heterocycles. The van der Waals surface area contributed by atoms with Crippen molar-refractivity contribution in [3.63, 3.8) is 0 Å². The second kappa shape index (κ2) is 6.51. The fourth-order valence-corrected chi connectivity index (χ4v) is 6.85. The number of para-hydroxylation sites is 1. The van der Waals surface area contributed by atoms with Gasteiger partial charge in [0.1, 0.15) is 5.54 Å². The van der Waals surface area contributed by atoms with Crippen LogP contribution in [0.25, 0.3) is 0 Å². The SMILES string of the molecule is CCc1ccc2c(c1)C1(C(=O)N2)C2C(=O)N(c3c(C)cccc3C)C(=O)C2C2CCCN21. The smallest absolute Gasteiger partial charge is 0.250 e. The Kier molecular flexibility index (Phi) is 4.01. The van der Waals surface area contributed by atoms with Crippen molar-refractivity contribution < 1.29 is 14.4 Å². The third-order valence-electron chi connectivity index (χ3n) is 8.13. The summed E-state index contributed by atoms with van der Waals surface area (Å²) in [5.74, 6) is -1.75. The van der Waals surface area contributed by atoms with Crippen molar-refractivity contribution in [2.45, 2.75) is 51.6 Å². The molecule has 3 fully saturated rings. The van der Waals surface area contributed by atoms with E-state index in [9.17, 15) is 14.4 Å². The first-order valence-electron chi connectivity index (χ1n) is 11.6. The van der Waals surface area contributed by atoms with Gasteiger partial charge in [-0.3, -0.25) is 19.3 Å². The maximum atomic E-state index is 14.1. The van der Waals surface area contributed by atoms with Crippen molar-refractivity contribution in [3.8, 4) is 0 Å². The van der Waals surface area contributed by atoms with E-state index in [-0.39, 0.29) is 23.8 Å². The number of nitrogens with one attached hydrogen (secondary N) is 1. The lowest BCUT2D eigenvalue weighted by molar-refractivity contribution is -0.135. The number of carbonyl (C=O) groups is 3. The summed E-state index contributed by atoms with van der Waals surface area (Å²) >= 11 is 0. The van der Waals surface area contributed by atoms with Gasteiger partial charge in [0, 0.05) is 17.3 Å². The lowest BCUT2D eigenvalue weighted by Gasteiger charge is -2.37. The van der Waals surface area contributed by atoms with Gasteiger partial charge in [-0.25, -0.2) is 4.90 Å². The topological polar surface area (TPSA) is 69.7 Å². The molecule has 0 aromatic heterocycles. The lowest BCUT2D eigenvalue weighted by Crippen LogP contribution is -2.54. The van der Waals surface area contributed by atoms with Gasteiger partial charge in [0.25, 0.3) is 0 Å². The van der Waals surface area contributed by atoms with Crippen LogP contribution in [0.4, 0.5) is 11.4 Å². The molecule has 6 rings (SSSR count). The van der Waals surface area contributed by atoms with E-state index in [4.69, 9.17) is 0 Å². The van der Waals surface area contributed by atoms with Crippen LogP contribution in [-0.2, 0) is 26.3 Å². The first-order valence-corrected chi connectivity index (χ1v) is 11.6. The number of aryl methyl sites for hydroxylation is 3. The second-order valence-corrected chi connectivity index (χ2v) is 9.61. The number of carbonyl (C=O) groups excluding carboxylic acids is 3. The van der Waals surface area contributed by atoms with Gasteiger partial charge in [0.05, 0.1) is 17.5 Å². The molecule has 1 spiro atoms. The number of hydrogen-bond donors (Lipinski definition) is 1. The van der Waals surface area contributed by atoms with Gasteiger partial charge in [-0.2, -0.15) is 0 Å². The molecule has 4 atom stereocenters. The highest BCUT2D eigenvalue weighted by Gasteiger charge is 2.74. The van der Waals surface area contributed by atoms with Gasteiger partial charge in [-0.05, 0) is 62.4 Å². The van der Waals surface area contributed by atoms with Crippen molar-refractivity contribution in [1.82, 2.24) is 4.90 Å². The van der Waals surface area contributed by atoms with Crippen LogP contribution in [0.2, 0.25) is 0 Å². The van der Waals surface area contributed by atoms with Crippen LogP contribution < -0.4 is 10.2 Å². The van der Waals surface area contributed by atoms with Crippen LogP contribution in [0.1, 0.15) is 42.0 Å². The fourth-order valence-electron chi connectivity index (χ4n) is 6.85. The molecule has 6 nitrogen and oxygen atoms in total. The zero-order valence-corrected chi connectivity index (χ0v) is 18.6. The van der Waals surface area contributed by atoms with Crippen molar-refractivity contribution in [2.75, 3.05) is 16.8 Å². The predicted octanol–water partition coefficient (Wildman–Crippen LogP) is 3.30. The van der Waals surface area contributed by atoms with Crippen molar-refractivity contribution in [3.05, 3.63) is 58.7 Å². The Morgan fingerprint density at radius 3 is 2.53 bits per heavy atom. The number of nitrogens with zero attached hydrogens (tertiary/aromatic N) is 2. The molecule has 32 heavy (non-hydrogen) atoms. The zero-order chi connectivity index (χ0) is 22.4. The Morgan fingerprint density at radius 1 is 1.06 bits per heavy atom. The summed E-state index contributed by atoms with van der Waals surface area (Å²) in [4.78, 5) is 45.3. The van der Waals surface area contributed by atoms with E-state index in [0.717, 1.165) is 53.7 Å². The minimum Gasteiger partial charge on any atom is -0.324 e. The average Bonchev–Trinajstić information content (AvgIpc) is 3.47. The minimum atomic E-state index is -1.11. The Balaban J connectivity index is 1.58. The van der Waals surface area contributed by atoms with Crippen LogP contribution in [0.15, 0.2) is 36.4 Å². The fraction of sp³-hybridized carbons (Fsp3) is 0.423. The molecule has 0 aliphatic carbocycles. The summed E-state index contributed by atoms with van der Waals surface area (Å²) < 4.78 is 0. The number of amides is 3. The maximum absolute atomic E-state index is 14.1. The van der Waals surface area contributed by atoms with E-state index in [2.05, 4.69) is 23.2 Å². The number of imide groups is 1. The number of hydrogen-bond acceptors (Lipinski definition) is 4. The molecular formula is C26H27N3O3. The molecule has 4 unspecified atom stereocenters. The molecule has 164 valence electrons. The van der Waals surface area contributed by atoms with Crippen LogP contribution in [0.3, 0.4) is 0 Å². The normalized spacial score (nSPS) is 30.8. The highest BCUT2D eigenvalue weighted by molar-refractivity contribution is 6.26. The number of rotatable bonds is 2. The van der Waals surface area contributed by atoms with Crippen molar-refractivity contribution >= 4 is 29.1 Å². The van der Waals surface area contributed by atoms with Crippen molar-refractivity contribution in [1.29, 1.82) is 0 Å². The Morgan fingerprint density at radius 2 is 1.81 bits per heavy atom. The highest BCUT2D eigenvalue weighted by Crippen LogP contribution is 2.61. The van der Waals surface area contributed by atoms with Gasteiger partial charge >= 0.3 is 0 Å². The summed E-state index contributed by atoms with van der Waals surface area (Å²) in [5.41, 5.74) is 4.13. The largest absolute Gasteiger partial charge is 0.324 e. The van der Waals surface area contributed by atoms with E-state index >= 15 is 0 Å². The van der Waals surface area contributed by atoms with E-state index in [1.165, 1.54) is 4.90 Å². The molecule has 3 saturated heterocycles. The van der Waals surface area contributed by atoms with Gasteiger partial charge in [-0.15, -0.1) is 0 Å². The maximum Gasteiger partial charge on any atom is 0.250 e. The van der Waals surface area contributed by atoms with Crippen molar-refractivity contribution in [2.24, 2.45) is 11.8 Å². The molecule has 2 aromatic carbocycles. The Bertz CT molecular complexity index is 1180. The molecule has 1 N–H and O–H groups in total. The summed E-state index contributed by atoms with van der Waals surface area (Å²) in [6.45, 7) is 6.67. The molecule has 4 heterocycles. The first-order chi connectivity index (χ1) is 15.4. The number of anilines is 2. The zero-order valence-electron chi connectivity index (χ0n) is 18.6. The highest BCUT2D eigenvalue weighted by atomic mass is 16.2. The third-order valence-corrected chi connectivity index (χ3v) is 8.13. The van der Waals surface area contributed by atoms with Crippen LogP contribution >= 0.6 is 0 Å². The second-order valence-electron chi connectivity index (χ2n) is 9.61. The van der Waals surface area contributed by atoms with Crippen LogP contribution in [0.5, 0.6) is 0 Å². The summed E-state index contributed by atoms with van der Waals surface area (Å²) in [5, 5.41) is 3.06. The Hall–Kier alpha value is -2.99. The molecule has 0 bridgehead atoms. The molecule has 0 radical (unpaired) electrons. The molecular weight excluding hydrogens is 402 g/mol.